The van der Waals surface area contributed by atoms with E-state index >= 15 is 0 Å². The van der Waals surface area contributed by atoms with Crippen LogP contribution in [0.2, 0.25) is 0 Å². The molecule has 0 saturated heterocycles. The van der Waals surface area contributed by atoms with Gasteiger partial charge in [0.15, 0.2) is 15.9 Å². The number of rotatable bonds is 3. The van der Waals surface area contributed by atoms with E-state index in [0.29, 0.717) is 18.4 Å². The zero-order chi connectivity index (χ0) is 13.4. The van der Waals surface area contributed by atoms with E-state index < -0.39 is 44.0 Å². The average molecular weight is 266 g/mol. The third-order valence-corrected chi connectivity index (χ3v) is 3.09. The van der Waals surface area contributed by atoms with Gasteiger partial charge in [-0.2, -0.15) is 0 Å². The van der Waals surface area contributed by atoms with Crippen LogP contribution in [0.15, 0.2) is 17.0 Å². The summed E-state index contributed by atoms with van der Waals surface area (Å²) in [5.74, 6) is -4.39. The monoisotopic (exact) mass is 266 g/mol. The first-order valence-electron chi connectivity index (χ1n) is 4.24. The van der Waals surface area contributed by atoms with Gasteiger partial charge in [-0.25, -0.2) is 22.0 Å². The highest BCUT2D eigenvalue weighted by atomic mass is 32.2. The summed E-state index contributed by atoms with van der Waals surface area (Å²) in [6.07, 6.45) is -1.57. The fourth-order valence-corrected chi connectivity index (χ4v) is 1.90. The summed E-state index contributed by atoms with van der Waals surface area (Å²) in [7, 11) is -3.96. The highest BCUT2D eigenvalue weighted by Crippen LogP contribution is 2.23. The number of hydrogen-bond donors (Lipinski definition) is 2. The minimum Gasteiger partial charge on any atom is -0.479 e. The topological polar surface area (TPSA) is 91.7 Å². The molecule has 0 bridgehead atoms. The Hall–Kier alpha value is -1.54. The second-order valence-electron chi connectivity index (χ2n) is 3.32. The number of aliphatic hydroxyl groups is 1. The summed E-state index contributed by atoms with van der Waals surface area (Å²) in [6, 6.07) is 0.691. The van der Waals surface area contributed by atoms with Crippen molar-refractivity contribution in [2.75, 3.05) is 6.26 Å². The molecule has 0 saturated carbocycles. The van der Waals surface area contributed by atoms with E-state index in [1.54, 1.807) is 0 Å². The molecule has 5 nitrogen and oxygen atoms in total. The zero-order valence-corrected chi connectivity index (χ0v) is 9.33. The largest absolute Gasteiger partial charge is 0.479 e. The van der Waals surface area contributed by atoms with E-state index in [0.717, 1.165) is 0 Å². The maximum absolute atomic E-state index is 13.3. The van der Waals surface area contributed by atoms with Crippen molar-refractivity contribution >= 4 is 15.8 Å². The number of carboxylic acids is 1. The summed E-state index contributed by atoms with van der Waals surface area (Å²) in [5, 5.41) is 17.5. The molecule has 2 N–H and O–H groups in total. The van der Waals surface area contributed by atoms with Crippen molar-refractivity contribution in [3.05, 3.63) is 29.3 Å². The van der Waals surface area contributed by atoms with Gasteiger partial charge in [-0.05, 0) is 12.1 Å². The number of benzene rings is 1. The summed E-state index contributed by atoms with van der Waals surface area (Å²) in [4.78, 5) is 9.50. The second kappa shape index (κ2) is 4.38. The van der Waals surface area contributed by atoms with Crippen molar-refractivity contribution in [3.63, 3.8) is 0 Å². The lowest BCUT2D eigenvalue weighted by molar-refractivity contribution is -0.147. The standard InChI is InChI=1S/C9H8F2O5S/c1-17(15,16)7-3-5(10)4(2-6(7)11)8(12)9(13)14/h2-3,8,12H,1H3,(H,13,14). The Morgan fingerprint density at radius 2 is 1.82 bits per heavy atom. The molecule has 0 aliphatic carbocycles. The van der Waals surface area contributed by atoms with Crippen molar-refractivity contribution in [1.82, 2.24) is 0 Å². The van der Waals surface area contributed by atoms with Gasteiger partial charge in [-0.15, -0.1) is 0 Å². The Kier molecular flexibility index (Phi) is 3.48. The van der Waals surface area contributed by atoms with E-state index in [4.69, 9.17) is 10.2 Å². The van der Waals surface area contributed by atoms with Crippen molar-refractivity contribution < 1.29 is 32.2 Å². The minimum absolute atomic E-state index is 0.339. The van der Waals surface area contributed by atoms with E-state index in [1.165, 1.54) is 0 Å². The molecule has 0 aliphatic rings. The van der Waals surface area contributed by atoms with Gasteiger partial charge in [0.1, 0.15) is 16.5 Å². The Bertz CT molecular complexity index is 567. The number of carboxylic acid groups (broad SMARTS) is 1. The molecule has 0 radical (unpaired) electrons. The predicted molar refractivity (Wildman–Crippen MR) is 52.1 cm³/mol. The Balaban J connectivity index is 3.43. The van der Waals surface area contributed by atoms with Crippen LogP contribution in [-0.4, -0.2) is 30.9 Å². The van der Waals surface area contributed by atoms with Crippen LogP contribution in [-0.2, 0) is 14.6 Å². The SMILES string of the molecule is CS(=O)(=O)c1cc(F)c(C(O)C(=O)O)cc1F. The molecule has 1 atom stereocenters. The van der Waals surface area contributed by atoms with E-state index in [9.17, 15) is 22.0 Å². The maximum atomic E-state index is 13.3. The van der Waals surface area contributed by atoms with Crippen molar-refractivity contribution in [1.29, 1.82) is 0 Å². The summed E-state index contributed by atoms with van der Waals surface area (Å²) >= 11 is 0. The number of hydrogen-bond acceptors (Lipinski definition) is 4. The number of aliphatic carboxylic acids is 1. The predicted octanol–water partition coefficient (Wildman–Crippen LogP) is 0.486. The fourth-order valence-electron chi connectivity index (χ4n) is 1.17. The van der Waals surface area contributed by atoms with Crippen LogP contribution >= 0.6 is 0 Å². The molecule has 0 heterocycles. The summed E-state index contributed by atoms with van der Waals surface area (Å²) in [5.41, 5.74) is -0.831. The van der Waals surface area contributed by atoms with Gasteiger partial charge in [-0.1, -0.05) is 0 Å². The maximum Gasteiger partial charge on any atom is 0.337 e. The Labute approximate surface area is 95.2 Å². The zero-order valence-electron chi connectivity index (χ0n) is 8.52. The lowest BCUT2D eigenvalue weighted by Gasteiger charge is -2.09. The highest BCUT2D eigenvalue weighted by Gasteiger charge is 2.24. The van der Waals surface area contributed by atoms with Crippen molar-refractivity contribution in [2.45, 2.75) is 11.0 Å². The molecule has 0 aliphatic heterocycles. The number of halogens is 2. The fraction of sp³-hybridized carbons (Fsp3) is 0.222. The third kappa shape index (κ3) is 2.77. The third-order valence-electron chi connectivity index (χ3n) is 1.98. The molecule has 94 valence electrons. The molecule has 1 unspecified atom stereocenters. The van der Waals surface area contributed by atoms with Crippen LogP contribution in [0, 0.1) is 11.6 Å². The molecule has 1 aromatic rings. The lowest BCUT2D eigenvalue weighted by Crippen LogP contribution is -2.14. The first-order valence-corrected chi connectivity index (χ1v) is 6.13. The van der Waals surface area contributed by atoms with Crippen molar-refractivity contribution in [2.24, 2.45) is 0 Å². The lowest BCUT2D eigenvalue weighted by atomic mass is 10.1. The number of sulfone groups is 1. The van der Waals surface area contributed by atoms with E-state index in [2.05, 4.69) is 0 Å². The average Bonchev–Trinajstić information content (AvgIpc) is 2.18. The van der Waals surface area contributed by atoms with Gasteiger partial charge in [-0.3, -0.25) is 0 Å². The summed E-state index contributed by atoms with van der Waals surface area (Å²) in [6.45, 7) is 0. The number of aliphatic hydroxyl groups excluding tert-OH is 1. The minimum atomic E-state index is -3.96. The van der Waals surface area contributed by atoms with Crippen LogP contribution in [0.5, 0.6) is 0 Å². The smallest absolute Gasteiger partial charge is 0.337 e. The van der Waals surface area contributed by atoms with Crippen LogP contribution in [0.1, 0.15) is 11.7 Å². The Morgan fingerprint density at radius 1 is 1.29 bits per heavy atom. The van der Waals surface area contributed by atoms with Gasteiger partial charge in [0, 0.05) is 11.8 Å². The molecule has 17 heavy (non-hydrogen) atoms. The molecular formula is C9H8F2O5S. The van der Waals surface area contributed by atoms with Gasteiger partial charge in [0.05, 0.1) is 0 Å². The van der Waals surface area contributed by atoms with Gasteiger partial charge >= 0.3 is 5.97 Å². The van der Waals surface area contributed by atoms with E-state index in [-0.39, 0.29) is 0 Å². The molecule has 1 rings (SSSR count). The molecule has 0 fully saturated rings. The first-order chi connectivity index (χ1) is 7.64. The highest BCUT2D eigenvalue weighted by molar-refractivity contribution is 7.90. The van der Waals surface area contributed by atoms with Crippen LogP contribution in [0.25, 0.3) is 0 Å². The molecule has 8 heteroatoms. The van der Waals surface area contributed by atoms with Gasteiger partial charge in [0.2, 0.25) is 0 Å². The molecule has 0 spiro atoms. The number of carbonyl (C=O) groups is 1. The van der Waals surface area contributed by atoms with Gasteiger partial charge < -0.3 is 10.2 Å². The van der Waals surface area contributed by atoms with Crippen LogP contribution in [0.3, 0.4) is 0 Å². The second-order valence-corrected chi connectivity index (χ2v) is 5.30. The molecule has 0 amide bonds. The van der Waals surface area contributed by atoms with E-state index in [1.807, 2.05) is 0 Å². The van der Waals surface area contributed by atoms with Crippen LogP contribution < -0.4 is 0 Å². The first kappa shape index (κ1) is 13.5. The molecule has 1 aromatic carbocycles. The Morgan fingerprint density at radius 3 is 2.24 bits per heavy atom. The van der Waals surface area contributed by atoms with Crippen LogP contribution in [0.4, 0.5) is 8.78 Å². The molecule has 0 aromatic heterocycles. The molecular weight excluding hydrogens is 258 g/mol. The van der Waals surface area contributed by atoms with Gasteiger partial charge in [0.25, 0.3) is 0 Å². The van der Waals surface area contributed by atoms with Crippen molar-refractivity contribution in [3.8, 4) is 0 Å². The quantitative estimate of drug-likeness (QED) is 0.830. The summed E-state index contributed by atoms with van der Waals surface area (Å²) < 4.78 is 48.7. The normalized spacial score (nSPS) is 13.4.